The quantitative estimate of drug-likeness (QED) is 0.414. The molecule has 0 spiro atoms. The zero-order valence-electron chi connectivity index (χ0n) is 17.8. The second kappa shape index (κ2) is 12.2. The van der Waals surface area contributed by atoms with Gasteiger partial charge in [-0.2, -0.15) is 0 Å². The summed E-state index contributed by atoms with van der Waals surface area (Å²) in [6, 6.07) is 6.24. The summed E-state index contributed by atoms with van der Waals surface area (Å²) in [5, 5.41) is 2.51. The number of nitrogens with one attached hydrogen (secondary N) is 1. The fraction of sp³-hybridized carbons (Fsp3) is 0.450. The lowest BCUT2D eigenvalue weighted by molar-refractivity contribution is -0.190. The van der Waals surface area contributed by atoms with Crippen molar-refractivity contribution in [3.63, 3.8) is 0 Å². The van der Waals surface area contributed by atoms with Gasteiger partial charge in [-0.25, -0.2) is 0 Å². The van der Waals surface area contributed by atoms with Crippen LogP contribution in [0, 0.1) is 0 Å². The second-order valence-electron chi connectivity index (χ2n) is 6.27. The maximum absolute atomic E-state index is 12.9. The molecule has 0 unspecified atom stereocenters. The molecule has 0 aliphatic heterocycles. The van der Waals surface area contributed by atoms with Crippen LogP contribution in [0.2, 0.25) is 0 Å². The predicted octanol–water partition coefficient (Wildman–Crippen LogP) is 0.992. The lowest BCUT2D eigenvalue weighted by Crippen LogP contribution is -2.52. The minimum Gasteiger partial charge on any atom is -0.497 e. The largest absolute Gasteiger partial charge is 0.497 e. The summed E-state index contributed by atoms with van der Waals surface area (Å²) in [5.74, 6) is -3.53. The van der Waals surface area contributed by atoms with Crippen LogP contribution in [-0.2, 0) is 42.9 Å². The van der Waals surface area contributed by atoms with E-state index < -0.39 is 54.7 Å². The van der Waals surface area contributed by atoms with Crippen LogP contribution in [0.5, 0.6) is 5.75 Å². The first-order valence-electron chi connectivity index (χ1n) is 9.13. The molecular formula is C20H25NO10. The molecule has 0 aliphatic rings. The third kappa shape index (κ3) is 9.15. The van der Waals surface area contributed by atoms with Crippen LogP contribution < -0.4 is 10.1 Å². The summed E-state index contributed by atoms with van der Waals surface area (Å²) in [6.07, 6.45) is -4.73. The zero-order chi connectivity index (χ0) is 23.6. The highest BCUT2D eigenvalue weighted by Crippen LogP contribution is 2.19. The van der Waals surface area contributed by atoms with Gasteiger partial charge in [0.25, 0.3) is 5.91 Å². The Kier molecular flexibility index (Phi) is 9.96. The van der Waals surface area contributed by atoms with Crippen molar-refractivity contribution in [2.24, 2.45) is 0 Å². The number of amides is 1. The summed E-state index contributed by atoms with van der Waals surface area (Å²) in [7, 11) is 1.48. The van der Waals surface area contributed by atoms with Crippen molar-refractivity contribution >= 4 is 35.5 Å². The summed E-state index contributed by atoms with van der Waals surface area (Å²) in [6.45, 7) is 3.75. The number of methoxy groups -OCH3 is 1. The first kappa shape index (κ1) is 25.4. The van der Waals surface area contributed by atoms with Gasteiger partial charge in [0.15, 0.2) is 12.2 Å². The molecule has 0 saturated carbocycles. The number of carbonyl (C=O) groups excluding carboxylic acids is 5. The Balaban J connectivity index is 3.25. The van der Waals surface area contributed by atoms with Crippen molar-refractivity contribution in [2.75, 3.05) is 19.0 Å². The van der Waals surface area contributed by atoms with Crippen LogP contribution in [0.3, 0.4) is 0 Å². The molecule has 1 N–H and O–H groups in total. The van der Waals surface area contributed by atoms with E-state index >= 15 is 0 Å². The molecule has 0 aliphatic carbocycles. The number of carbonyl (C=O) groups is 5. The van der Waals surface area contributed by atoms with Crippen molar-refractivity contribution in [3.05, 3.63) is 24.3 Å². The molecule has 1 aromatic carbocycles. The number of ether oxygens (including phenoxy) is 5. The van der Waals surface area contributed by atoms with Gasteiger partial charge in [0.05, 0.1) is 7.11 Å². The third-order valence-electron chi connectivity index (χ3n) is 3.64. The normalized spacial score (nSPS) is 13.1. The Bertz CT molecular complexity index is 805. The van der Waals surface area contributed by atoms with Crippen molar-refractivity contribution in [1.82, 2.24) is 0 Å². The van der Waals surface area contributed by atoms with Crippen LogP contribution in [0.4, 0.5) is 5.69 Å². The molecule has 0 heterocycles. The standard InChI is InChI=1S/C20H25NO10/c1-11(22)28-10-17(29-12(2)23)18(30-13(3)24)19(31-14(4)25)20(26)21-15-6-8-16(27-5)9-7-15/h6-9,17-19H,10H2,1-5H3,(H,21,26)/t17-,18+,19-/m0/s1. The monoisotopic (exact) mass is 439 g/mol. The molecule has 1 amide bonds. The van der Waals surface area contributed by atoms with Crippen molar-refractivity contribution < 1.29 is 47.7 Å². The smallest absolute Gasteiger partial charge is 0.303 e. The van der Waals surface area contributed by atoms with E-state index in [0.717, 1.165) is 27.7 Å². The van der Waals surface area contributed by atoms with E-state index in [-0.39, 0.29) is 0 Å². The van der Waals surface area contributed by atoms with Crippen molar-refractivity contribution in [1.29, 1.82) is 0 Å². The van der Waals surface area contributed by atoms with Crippen LogP contribution in [0.1, 0.15) is 27.7 Å². The fourth-order valence-electron chi connectivity index (χ4n) is 2.47. The molecule has 1 aromatic rings. The van der Waals surface area contributed by atoms with Gasteiger partial charge in [-0.3, -0.25) is 24.0 Å². The first-order chi connectivity index (χ1) is 14.5. The lowest BCUT2D eigenvalue weighted by Gasteiger charge is -2.30. The maximum Gasteiger partial charge on any atom is 0.303 e. The number of esters is 4. The summed E-state index contributed by atoms with van der Waals surface area (Å²) in [4.78, 5) is 58.9. The van der Waals surface area contributed by atoms with Crippen LogP contribution >= 0.6 is 0 Å². The Labute approximate surface area is 178 Å². The molecule has 0 radical (unpaired) electrons. The van der Waals surface area contributed by atoms with E-state index in [1.165, 1.54) is 19.2 Å². The SMILES string of the molecule is COc1ccc(NC(=O)[C@@H](OC(C)=O)[C@H](OC(C)=O)[C@H](COC(C)=O)OC(C)=O)cc1. The van der Waals surface area contributed by atoms with E-state index in [0.29, 0.717) is 11.4 Å². The van der Waals surface area contributed by atoms with Gasteiger partial charge in [0.2, 0.25) is 6.10 Å². The van der Waals surface area contributed by atoms with Gasteiger partial charge in [-0.05, 0) is 24.3 Å². The van der Waals surface area contributed by atoms with Gasteiger partial charge in [0.1, 0.15) is 12.4 Å². The minimum atomic E-state index is -1.72. The highest BCUT2D eigenvalue weighted by molar-refractivity contribution is 5.96. The number of hydrogen-bond acceptors (Lipinski definition) is 10. The minimum absolute atomic E-state index is 0.327. The number of anilines is 1. The average Bonchev–Trinajstić information content (AvgIpc) is 2.67. The Hall–Kier alpha value is -3.63. The van der Waals surface area contributed by atoms with E-state index in [1.54, 1.807) is 12.1 Å². The van der Waals surface area contributed by atoms with Crippen LogP contribution in [-0.4, -0.2) is 61.8 Å². The van der Waals surface area contributed by atoms with Crippen LogP contribution in [0.25, 0.3) is 0 Å². The van der Waals surface area contributed by atoms with Gasteiger partial charge in [-0.1, -0.05) is 0 Å². The third-order valence-corrected chi connectivity index (χ3v) is 3.64. The number of rotatable bonds is 10. The highest BCUT2D eigenvalue weighted by Gasteiger charge is 2.42. The van der Waals surface area contributed by atoms with Crippen molar-refractivity contribution in [2.45, 2.75) is 46.0 Å². The van der Waals surface area contributed by atoms with Gasteiger partial charge < -0.3 is 29.0 Å². The second-order valence-corrected chi connectivity index (χ2v) is 6.27. The molecule has 0 fully saturated rings. The topological polar surface area (TPSA) is 144 Å². The number of hydrogen-bond donors (Lipinski definition) is 1. The summed E-state index contributed by atoms with van der Waals surface area (Å²) < 4.78 is 25.2. The summed E-state index contributed by atoms with van der Waals surface area (Å²) in [5.41, 5.74) is 0.327. The molecule has 0 aromatic heterocycles. The van der Waals surface area contributed by atoms with Crippen molar-refractivity contribution in [3.8, 4) is 5.75 Å². The molecule has 0 saturated heterocycles. The van der Waals surface area contributed by atoms with E-state index in [9.17, 15) is 24.0 Å². The highest BCUT2D eigenvalue weighted by atomic mass is 16.6. The average molecular weight is 439 g/mol. The molecule has 11 nitrogen and oxygen atoms in total. The summed E-state index contributed by atoms with van der Waals surface area (Å²) >= 11 is 0. The molecule has 11 heteroatoms. The van der Waals surface area contributed by atoms with E-state index in [2.05, 4.69) is 5.32 Å². The Morgan fingerprint density at radius 3 is 1.81 bits per heavy atom. The molecule has 0 bridgehead atoms. The van der Waals surface area contributed by atoms with E-state index in [4.69, 9.17) is 23.7 Å². The Morgan fingerprint density at radius 1 is 0.806 bits per heavy atom. The molecule has 170 valence electrons. The molecule has 31 heavy (non-hydrogen) atoms. The predicted molar refractivity (Wildman–Crippen MR) is 105 cm³/mol. The van der Waals surface area contributed by atoms with E-state index in [1.807, 2.05) is 0 Å². The molecule has 3 atom stereocenters. The fourth-order valence-corrected chi connectivity index (χ4v) is 2.47. The van der Waals surface area contributed by atoms with Gasteiger partial charge in [0, 0.05) is 33.4 Å². The van der Waals surface area contributed by atoms with Gasteiger partial charge in [-0.15, -0.1) is 0 Å². The number of benzene rings is 1. The molecular weight excluding hydrogens is 414 g/mol. The zero-order valence-corrected chi connectivity index (χ0v) is 17.8. The first-order valence-corrected chi connectivity index (χ1v) is 9.13. The maximum atomic E-state index is 12.9. The van der Waals surface area contributed by atoms with Gasteiger partial charge >= 0.3 is 23.9 Å². The van der Waals surface area contributed by atoms with Crippen LogP contribution in [0.15, 0.2) is 24.3 Å². The molecule has 1 rings (SSSR count). The lowest BCUT2D eigenvalue weighted by atomic mass is 10.1. The Morgan fingerprint density at radius 2 is 1.35 bits per heavy atom.